The average molecular weight is 472 g/mol. The molecule has 4 heterocycles. The van der Waals surface area contributed by atoms with Crippen LogP contribution in [0.15, 0.2) is 47.0 Å². The van der Waals surface area contributed by atoms with Crippen molar-refractivity contribution in [1.82, 2.24) is 19.5 Å². The maximum Gasteiger partial charge on any atom is 0.160 e. The van der Waals surface area contributed by atoms with E-state index in [9.17, 15) is 0 Å². The highest BCUT2D eigenvalue weighted by Crippen LogP contribution is 2.28. The molecule has 184 valence electrons. The molecule has 0 atom stereocenters. The molecule has 35 heavy (non-hydrogen) atoms. The molecule has 0 amide bonds. The van der Waals surface area contributed by atoms with Crippen molar-refractivity contribution >= 4 is 28.7 Å². The average Bonchev–Trinajstić information content (AvgIpc) is 3.51. The number of hydrogen-bond acceptors (Lipinski definition) is 6. The monoisotopic (exact) mass is 471 g/mol. The maximum absolute atomic E-state index is 5.19. The molecule has 1 saturated heterocycles. The molecule has 0 saturated carbocycles. The van der Waals surface area contributed by atoms with Crippen LogP contribution in [0.4, 0.5) is 17.3 Å². The molecule has 2 aromatic heterocycles. The van der Waals surface area contributed by atoms with Crippen molar-refractivity contribution in [3.63, 3.8) is 0 Å². The molecule has 0 aliphatic carbocycles. The van der Waals surface area contributed by atoms with Gasteiger partial charge < -0.3 is 15.1 Å². The summed E-state index contributed by atoms with van der Waals surface area (Å²) in [6.07, 6.45) is 7.96. The van der Waals surface area contributed by atoms with E-state index in [0.29, 0.717) is 0 Å². The minimum atomic E-state index is 0.841. The molecule has 2 aliphatic rings. The molecule has 7 heteroatoms. The number of aliphatic imine (C=N–C) groups is 1. The normalized spacial score (nSPS) is 16.5. The Bertz CT molecular complexity index is 1260. The van der Waals surface area contributed by atoms with Crippen molar-refractivity contribution in [3.05, 3.63) is 58.8 Å². The lowest BCUT2D eigenvalue weighted by molar-refractivity contribution is 0.425. The number of anilines is 2. The maximum atomic E-state index is 5.19. The van der Waals surface area contributed by atoms with Gasteiger partial charge in [0, 0.05) is 38.3 Å². The third-order valence-corrected chi connectivity index (χ3v) is 6.90. The van der Waals surface area contributed by atoms with Gasteiger partial charge in [-0.15, -0.1) is 0 Å². The van der Waals surface area contributed by atoms with Crippen molar-refractivity contribution in [3.8, 4) is 0 Å². The van der Waals surface area contributed by atoms with E-state index in [2.05, 4.69) is 79.5 Å². The summed E-state index contributed by atoms with van der Waals surface area (Å²) >= 11 is 0. The van der Waals surface area contributed by atoms with E-state index in [0.717, 1.165) is 79.8 Å². The molecule has 0 radical (unpaired) electrons. The van der Waals surface area contributed by atoms with E-state index >= 15 is 0 Å². The Kier molecular flexibility index (Phi) is 6.86. The highest BCUT2D eigenvalue weighted by Gasteiger charge is 2.20. The van der Waals surface area contributed by atoms with Gasteiger partial charge in [0.15, 0.2) is 5.65 Å². The van der Waals surface area contributed by atoms with Crippen molar-refractivity contribution in [2.75, 3.05) is 50.5 Å². The van der Waals surface area contributed by atoms with Crippen molar-refractivity contribution in [1.29, 1.82) is 0 Å². The van der Waals surface area contributed by atoms with Gasteiger partial charge in [0.2, 0.25) is 0 Å². The van der Waals surface area contributed by atoms with Crippen LogP contribution in [-0.2, 0) is 6.42 Å². The summed E-state index contributed by atoms with van der Waals surface area (Å²) in [6, 6.07) is 10.9. The molecule has 7 nitrogen and oxygen atoms in total. The number of rotatable bonds is 6. The SMILES string of the molecule is CC1=CCCCc2ccc(C)cc2N=C1c1cc2nc(N3CCCC3)cc(NCCN(C)C)n2n1. The Labute approximate surface area is 208 Å². The first-order valence-electron chi connectivity index (χ1n) is 12.9. The lowest BCUT2D eigenvalue weighted by Gasteiger charge is -2.18. The minimum absolute atomic E-state index is 0.841. The zero-order valence-electron chi connectivity index (χ0n) is 21.5. The number of aryl methyl sites for hydroxylation is 2. The molecule has 0 spiro atoms. The topological polar surface area (TPSA) is 61.1 Å². The van der Waals surface area contributed by atoms with E-state index in [1.54, 1.807) is 0 Å². The third kappa shape index (κ3) is 5.25. The third-order valence-electron chi connectivity index (χ3n) is 6.90. The number of likely N-dealkylation sites (N-methyl/N-ethyl adjacent to an activating group) is 1. The summed E-state index contributed by atoms with van der Waals surface area (Å²) in [7, 11) is 4.19. The van der Waals surface area contributed by atoms with Crippen LogP contribution in [0.2, 0.25) is 0 Å². The highest BCUT2D eigenvalue weighted by atomic mass is 15.3. The molecular formula is C28H37N7. The van der Waals surface area contributed by atoms with E-state index in [4.69, 9.17) is 15.1 Å². The standard InChI is InChI=1S/C28H37N7/c1-20-11-12-22-10-6-5-9-21(2)28(30-23(22)17-20)24-18-27-31-26(34-14-7-8-15-34)19-25(35(27)32-24)29-13-16-33(3)4/h9,11-12,17-19,29H,5-8,10,13-16H2,1-4H3. The van der Waals surface area contributed by atoms with E-state index in [1.807, 2.05) is 4.52 Å². The van der Waals surface area contributed by atoms with Crippen LogP contribution in [-0.4, -0.2) is 65.5 Å². The first-order chi connectivity index (χ1) is 17.0. The zero-order chi connectivity index (χ0) is 24.4. The fraction of sp³-hybridized carbons (Fsp3) is 0.464. The van der Waals surface area contributed by atoms with Gasteiger partial charge in [-0.1, -0.05) is 18.2 Å². The van der Waals surface area contributed by atoms with Gasteiger partial charge in [-0.05, 0) is 82.8 Å². The van der Waals surface area contributed by atoms with Gasteiger partial charge in [0.25, 0.3) is 0 Å². The second-order valence-electron chi connectivity index (χ2n) is 10.1. The van der Waals surface area contributed by atoms with Crippen LogP contribution in [0.25, 0.3) is 5.65 Å². The lowest BCUT2D eigenvalue weighted by atomic mass is 10.0. The van der Waals surface area contributed by atoms with Crippen molar-refractivity contribution < 1.29 is 0 Å². The fourth-order valence-electron chi connectivity index (χ4n) is 4.88. The summed E-state index contributed by atoms with van der Waals surface area (Å²) < 4.78 is 1.95. The molecule has 2 aliphatic heterocycles. The molecule has 1 fully saturated rings. The van der Waals surface area contributed by atoms with Gasteiger partial charge in [-0.3, -0.25) is 0 Å². The Morgan fingerprint density at radius 3 is 2.66 bits per heavy atom. The van der Waals surface area contributed by atoms with E-state index in [1.165, 1.54) is 29.5 Å². The van der Waals surface area contributed by atoms with Crippen LogP contribution in [0.1, 0.15) is 49.4 Å². The number of allylic oxidation sites excluding steroid dienone is 2. The van der Waals surface area contributed by atoms with Crippen LogP contribution in [0, 0.1) is 6.92 Å². The Hall–Kier alpha value is -3.19. The van der Waals surface area contributed by atoms with Crippen LogP contribution in [0.5, 0.6) is 0 Å². The fourth-order valence-corrected chi connectivity index (χ4v) is 4.88. The molecule has 0 bridgehead atoms. The number of aromatic nitrogens is 3. The second-order valence-corrected chi connectivity index (χ2v) is 10.1. The van der Waals surface area contributed by atoms with Gasteiger partial charge in [-0.2, -0.15) is 9.61 Å². The molecule has 0 unspecified atom stereocenters. The van der Waals surface area contributed by atoms with Gasteiger partial charge in [0.1, 0.15) is 17.3 Å². The predicted molar refractivity (Wildman–Crippen MR) is 146 cm³/mol. The number of nitrogens with zero attached hydrogens (tertiary/aromatic N) is 6. The summed E-state index contributed by atoms with van der Waals surface area (Å²) in [5.41, 5.74) is 7.43. The van der Waals surface area contributed by atoms with E-state index < -0.39 is 0 Å². The predicted octanol–water partition coefficient (Wildman–Crippen LogP) is 5.01. The molecular weight excluding hydrogens is 434 g/mol. The summed E-state index contributed by atoms with van der Waals surface area (Å²) in [4.78, 5) is 14.8. The largest absolute Gasteiger partial charge is 0.369 e. The number of benzene rings is 1. The highest BCUT2D eigenvalue weighted by molar-refractivity contribution is 6.12. The summed E-state index contributed by atoms with van der Waals surface area (Å²) in [5, 5.41) is 8.64. The zero-order valence-corrected chi connectivity index (χ0v) is 21.5. The number of nitrogens with one attached hydrogen (secondary N) is 1. The molecule has 1 N–H and O–H groups in total. The number of fused-ring (bicyclic) bond motifs is 2. The Morgan fingerprint density at radius 2 is 1.86 bits per heavy atom. The molecule has 1 aromatic carbocycles. The van der Waals surface area contributed by atoms with Gasteiger partial charge >= 0.3 is 0 Å². The quantitative estimate of drug-likeness (QED) is 0.547. The molecule has 3 aromatic rings. The Balaban J connectivity index is 1.61. The van der Waals surface area contributed by atoms with Gasteiger partial charge in [-0.25, -0.2) is 9.98 Å². The lowest BCUT2D eigenvalue weighted by Crippen LogP contribution is -2.23. The number of hydrogen-bond donors (Lipinski definition) is 1. The minimum Gasteiger partial charge on any atom is -0.369 e. The smallest absolute Gasteiger partial charge is 0.160 e. The summed E-state index contributed by atoms with van der Waals surface area (Å²) in [6.45, 7) is 8.20. The van der Waals surface area contributed by atoms with Crippen LogP contribution >= 0.6 is 0 Å². The van der Waals surface area contributed by atoms with Crippen LogP contribution in [0.3, 0.4) is 0 Å². The van der Waals surface area contributed by atoms with E-state index in [-0.39, 0.29) is 0 Å². The summed E-state index contributed by atoms with van der Waals surface area (Å²) in [5.74, 6) is 2.00. The Morgan fingerprint density at radius 1 is 1.03 bits per heavy atom. The molecule has 5 rings (SSSR count). The van der Waals surface area contributed by atoms with Crippen molar-refractivity contribution in [2.45, 2.75) is 46.0 Å². The first kappa shape index (κ1) is 23.5. The second kappa shape index (κ2) is 10.2. The van der Waals surface area contributed by atoms with Crippen molar-refractivity contribution in [2.24, 2.45) is 4.99 Å². The van der Waals surface area contributed by atoms with Gasteiger partial charge in [0.05, 0.1) is 11.4 Å². The first-order valence-corrected chi connectivity index (χ1v) is 12.9. The van der Waals surface area contributed by atoms with Crippen LogP contribution < -0.4 is 10.2 Å².